The molecule has 1 aromatic rings. The molecule has 1 saturated carbocycles. The summed E-state index contributed by atoms with van der Waals surface area (Å²) in [5, 5.41) is 15.6. The average molecular weight is 298 g/mol. The van der Waals surface area contributed by atoms with E-state index in [-0.39, 0.29) is 11.7 Å². The van der Waals surface area contributed by atoms with Crippen LogP contribution >= 0.6 is 11.8 Å². The van der Waals surface area contributed by atoms with Crippen molar-refractivity contribution in [1.82, 2.24) is 10.5 Å². The zero-order chi connectivity index (χ0) is 14.8. The number of carbonyl (C=O) groups is 2. The molecule has 110 valence electrons. The van der Waals surface area contributed by atoms with Gasteiger partial charge in [0.25, 0.3) is 0 Å². The molecule has 1 fully saturated rings. The molecular weight excluding hydrogens is 280 g/mol. The molecule has 1 amide bonds. The van der Waals surface area contributed by atoms with Gasteiger partial charge in [0.1, 0.15) is 11.3 Å². The van der Waals surface area contributed by atoms with E-state index in [4.69, 9.17) is 9.63 Å². The van der Waals surface area contributed by atoms with Gasteiger partial charge in [0.05, 0.1) is 11.4 Å². The van der Waals surface area contributed by atoms with Gasteiger partial charge in [-0.15, -0.1) is 11.8 Å². The Bertz CT molecular complexity index is 503. The number of carbonyl (C=O) groups excluding carboxylic acids is 1. The molecule has 0 radical (unpaired) electrons. The van der Waals surface area contributed by atoms with Crippen molar-refractivity contribution >= 4 is 23.6 Å². The minimum Gasteiger partial charge on any atom is -0.480 e. The van der Waals surface area contributed by atoms with Crippen molar-refractivity contribution in [3.63, 3.8) is 0 Å². The van der Waals surface area contributed by atoms with Gasteiger partial charge in [-0.05, 0) is 33.1 Å². The fourth-order valence-electron chi connectivity index (χ4n) is 2.18. The summed E-state index contributed by atoms with van der Waals surface area (Å²) in [5.41, 5.74) is 0.802. The van der Waals surface area contributed by atoms with Crippen LogP contribution in [0.25, 0.3) is 0 Å². The Morgan fingerprint density at radius 1 is 1.45 bits per heavy atom. The van der Waals surface area contributed by atoms with Crippen molar-refractivity contribution in [2.45, 2.75) is 44.4 Å². The number of carboxylic acid groups (broad SMARTS) is 1. The number of aryl methyl sites for hydroxylation is 2. The van der Waals surface area contributed by atoms with Crippen LogP contribution in [0.5, 0.6) is 0 Å². The second kappa shape index (κ2) is 5.87. The fourth-order valence-corrected chi connectivity index (χ4v) is 3.16. The predicted octanol–water partition coefficient (Wildman–Crippen LogP) is 1.65. The highest BCUT2D eigenvalue weighted by Crippen LogP contribution is 2.32. The maximum Gasteiger partial charge on any atom is 0.329 e. The van der Waals surface area contributed by atoms with E-state index < -0.39 is 11.5 Å². The number of carboxylic acids is 1. The molecule has 0 aromatic carbocycles. The third-order valence-corrected chi connectivity index (χ3v) is 4.62. The molecule has 2 N–H and O–H groups in total. The van der Waals surface area contributed by atoms with Crippen LogP contribution in [-0.4, -0.2) is 33.4 Å². The zero-order valence-electron chi connectivity index (χ0n) is 11.6. The van der Waals surface area contributed by atoms with Crippen molar-refractivity contribution in [3.8, 4) is 0 Å². The summed E-state index contributed by atoms with van der Waals surface area (Å²) in [7, 11) is 0. The van der Waals surface area contributed by atoms with E-state index in [9.17, 15) is 9.59 Å². The van der Waals surface area contributed by atoms with Crippen molar-refractivity contribution in [1.29, 1.82) is 0 Å². The van der Waals surface area contributed by atoms with Crippen LogP contribution in [0.4, 0.5) is 0 Å². The third kappa shape index (κ3) is 2.98. The quantitative estimate of drug-likeness (QED) is 0.829. The monoisotopic (exact) mass is 298 g/mol. The lowest BCUT2D eigenvalue weighted by molar-refractivity contribution is -0.151. The van der Waals surface area contributed by atoms with Crippen LogP contribution in [0.15, 0.2) is 4.52 Å². The Kier molecular flexibility index (Phi) is 4.37. The van der Waals surface area contributed by atoms with Gasteiger partial charge in [-0.3, -0.25) is 4.79 Å². The first-order chi connectivity index (χ1) is 9.44. The lowest BCUT2D eigenvalue weighted by Crippen LogP contribution is -2.59. The number of nitrogens with one attached hydrogen (secondary N) is 1. The molecule has 0 saturated heterocycles. The highest BCUT2D eigenvalue weighted by Gasteiger charge is 2.45. The van der Waals surface area contributed by atoms with Crippen LogP contribution in [0.1, 0.15) is 36.3 Å². The van der Waals surface area contributed by atoms with E-state index in [1.54, 1.807) is 0 Å². The topological polar surface area (TPSA) is 92.4 Å². The van der Waals surface area contributed by atoms with Gasteiger partial charge in [-0.2, -0.15) is 0 Å². The molecule has 0 bridgehead atoms. The first-order valence-corrected chi connectivity index (χ1v) is 7.64. The fraction of sp³-hybridized carbons (Fsp3) is 0.615. The summed E-state index contributed by atoms with van der Waals surface area (Å²) < 4.78 is 5.05. The van der Waals surface area contributed by atoms with E-state index >= 15 is 0 Å². The summed E-state index contributed by atoms with van der Waals surface area (Å²) in [6.07, 6.45) is 1.88. The number of amides is 1. The summed E-state index contributed by atoms with van der Waals surface area (Å²) in [4.78, 5) is 23.0. The summed E-state index contributed by atoms with van der Waals surface area (Å²) in [6.45, 7) is 3.70. The summed E-state index contributed by atoms with van der Waals surface area (Å²) in [6, 6.07) is 0. The Labute approximate surface area is 121 Å². The molecule has 1 aliphatic carbocycles. The normalized spacial score (nSPS) is 16.5. The summed E-state index contributed by atoms with van der Waals surface area (Å²) in [5.74, 6) is 0.460. The Morgan fingerprint density at radius 2 is 2.15 bits per heavy atom. The van der Waals surface area contributed by atoms with E-state index in [1.165, 1.54) is 11.8 Å². The molecule has 6 nitrogen and oxygen atoms in total. The Hall–Kier alpha value is -1.50. The molecule has 20 heavy (non-hydrogen) atoms. The minimum atomic E-state index is -1.03. The van der Waals surface area contributed by atoms with E-state index in [0.29, 0.717) is 18.6 Å². The van der Waals surface area contributed by atoms with E-state index in [0.717, 1.165) is 23.4 Å². The van der Waals surface area contributed by atoms with Gasteiger partial charge < -0.3 is 14.9 Å². The molecule has 1 heterocycles. The van der Waals surface area contributed by atoms with Crippen LogP contribution in [0.2, 0.25) is 0 Å². The van der Waals surface area contributed by atoms with E-state index in [1.807, 2.05) is 13.8 Å². The van der Waals surface area contributed by atoms with Gasteiger partial charge in [0.15, 0.2) is 0 Å². The van der Waals surface area contributed by atoms with Crippen molar-refractivity contribution in [2.75, 3.05) is 5.75 Å². The number of aliphatic carboxylic acids is 1. The van der Waals surface area contributed by atoms with Crippen LogP contribution < -0.4 is 5.32 Å². The number of thioether (sulfide) groups is 1. The predicted molar refractivity (Wildman–Crippen MR) is 74.5 cm³/mol. The van der Waals surface area contributed by atoms with Gasteiger partial charge in [0, 0.05) is 11.3 Å². The molecule has 0 atom stereocenters. The second-order valence-corrected chi connectivity index (χ2v) is 6.07. The lowest BCUT2D eigenvalue weighted by Gasteiger charge is -2.38. The standard InChI is InChI=1S/C13H18N2O4S/c1-8-10(9(2)19-15-8)6-20-7-11(16)14-13(12(17)18)4-3-5-13/h3-7H2,1-2H3,(H,14,16)(H,17,18). The number of nitrogens with zero attached hydrogens (tertiary/aromatic N) is 1. The van der Waals surface area contributed by atoms with Gasteiger partial charge in [-0.1, -0.05) is 5.16 Å². The van der Waals surface area contributed by atoms with Crippen molar-refractivity contribution in [2.24, 2.45) is 0 Å². The molecule has 7 heteroatoms. The molecule has 1 aromatic heterocycles. The number of rotatable bonds is 6. The van der Waals surface area contributed by atoms with E-state index in [2.05, 4.69) is 10.5 Å². The van der Waals surface area contributed by atoms with Gasteiger partial charge >= 0.3 is 5.97 Å². The maximum atomic E-state index is 11.8. The van der Waals surface area contributed by atoms with Crippen molar-refractivity contribution in [3.05, 3.63) is 17.0 Å². The van der Waals surface area contributed by atoms with Gasteiger partial charge in [-0.25, -0.2) is 4.79 Å². The number of hydrogen-bond acceptors (Lipinski definition) is 5. The average Bonchev–Trinajstić information content (AvgIpc) is 2.65. The first kappa shape index (κ1) is 14.9. The first-order valence-electron chi connectivity index (χ1n) is 6.48. The molecule has 0 aliphatic heterocycles. The molecule has 0 unspecified atom stereocenters. The number of aromatic nitrogens is 1. The molecule has 2 rings (SSSR count). The highest BCUT2D eigenvalue weighted by atomic mass is 32.2. The minimum absolute atomic E-state index is 0.233. The second-order valence-electron chi connectivity index (χ2n) is 5.08. The van der Waals surface area contributed by atoms with Crippen LogP contribution in [0, 0.1) is 13.8 Å². The maximum absolute atomic E-state index is 11.8. The van der Waals surface area contributed by atoms with Crippen LogP contribution in [-0.2, 0) is 15.3 Å². The molecule has 1 aliphatic rings. The van der Waals surface area contributed by atoms with Crippen LogP contribution in [0.3, 0.4) is 0 Å². The largest absolute Gasteiger partial charge is 0.480 e. The lowest BCUT2D eigenvalue weighted by atomic mass is 9.77. The highest BCUT2D eigenvalue weighted by molar-refractivity contribution is 7.99. The zero-order valence-corrected chi connectivity index (χ0v) is 12.4. The SMILES string of the molecule is Cc1noc(C)c1CSCC(=O)NC1(C(=O)O)CCC1. The molecule has 0 spiro atoms. The summed E-state index contributed by atoms with van der Waals surface area (Å²) >= 11 is 1.43. The van der Waals surface area contributed by atoms with Crippen molar-refractivity contribution < 1.29 is 19.2 Å². The third-order valence-electron chi connectivity index (χ3n) is 3.66. The Morgan fingerprint density at radius 3 is 2.60 bits per heavy atom. The molecular formula is C13H18N2O4S. The Balaban J connectivity index is 1.80. The van der Waals surface area contributed by atoms with Gasteiger partial charge in [0.2, 0.25) is 5.91 Å². The number of hydrogen-bond donors (Lipinski definition) is 2. The smallest absolute Gasteiger partial charge is 0.329 e.